The van der Waals surface area contributed by atoms with Gasteiger partial charge in [-0.1, -0.05) is 0 Å². The van der Waals surface area contributed by atoms with Crippen LogP contribution in [0.5, 0.6) is 5.75 Å². The van der Waals surface area contributed by atoms with Crippen LogP contribution in [0.1, 0.15) is 17.8 Å². The quantitative estimate of drug-likeness (QED) is 0.699. The van der Waals surface area contributed by atoms with E-state index in [9.17, 15) is 5.11 Å². The van der Waals surface area contributed by atoms with E-state index in [4.69, 9.17) is 5.26 Å². The van der Waals surface area contributed by atoms with E-state index in [-0.39, 0.29) is 5.75 Å². The van der Waals surface area contributed by atoms with Crippen LogP contribution in [0.25, 0.3) is 0 Å². The first-order valence-corrected chi connectivity index (χ1v) is 4.47. The van der Waals surface area contributed by atoms with Gasteiger partial charge in [0, 0.05) is 25.2 Å². The molecule has 4 nitrogen and oxygen atoms in total. The Bertz CT molecular complexity index is 344. The van der Waals surface area contributed by atoms with Crippen molar-refractivity contribution in [2.75, 3.05) is 6.54 Å². The van der Waals surface area contributed by atoms with Gasteiger partial charge in [0.05, 0.1) is 11.8 Å². The molecule has 0 spiro atoms. The van der Waals surface area contributed by atoms with E-state index >= 15 is 0 Å². The van der Waals surface area contributed by atoms with Crippen LogP contribution in [0.2, 0.25) is 0 Å². The van der Waals surface area contributed by atoms with E-state index in [1.165, 1.54) is 0 Å². The molecule has 0 unspecified atom stereocenters. The number of hydrogen-bond acceptors (Lipinski definition) is 4. The Hall–Kier alpha value is -1.60. The van der Waals surface area contributed by atoms with Crippen LogP contribution in [0, 0.1) is 18.3 Å². The summed E-state index contributed by atoms with van der Waals surface area (Å²) in [5.41, 5.74) is 1.50. The maximum Gasteiger partial charge on any atom is 0.138 e. The summed E-state index contributed by atoms with van der Waals surface area (Å²) in [5.74, 6) is 0.194. The van der Waals surface area contributed by atoms with Gasteiger partial charge in [-0.15, -0.1) is 0 Å². The number of nitrogens with one attached hydrogen (secondary N) is 1. The molecule has 1 aromatic rings. The molecule has 0 aliphatic rings. The molecular formula is C10H13N3O. The Kier molecular flexibility index (Phi) is 3.89. The number of rotatable bonds is 4. The molecular weight excluding hydrogens is 178 g/mol. The summed E-state index contributed by atoms with van der Waals surface area (Å²) in [4.78, 5) is 4.17. The first kappa shape index (κ1) is 10.5. The summed E-state index contributed by atoms with van der Waals surface area (Å²) < 4.78 is 0. The molecule has 0 saturated heterocycles. The highest BCUT2D eigenvalue weighted by molar-refractivity contribution is 5.27. The molecule has 0 amide bonds. The zero-order valence-corrected chi connectivity index (χ0v) is 8.12. The van der Waals surface area contributed by atoms with Crippen LogP contribution in [-0.4, -0.2) is 16.6 Å². The van der Waals surface area contributed by atoms with Crippen molar-refractivity contribution in [2.24, 2.45) is 0 Å². The van der Waals surface area contributed by atoms with E-state index in [2.05, 4.69) is 10.3 Å². The lowest BCUT2D eigenvalue weighted by Crippen LogP contribution is -2.15. The average molecular weight is 191 g/mol. The number of hydrogen-bond donors (Lipinski definition) is 2. The standard InChI is InChI=1S/C10H13N3O/c1-8-3-4-10(14)9(13-8)7-12-6-2-5-11/h3-4,12,14H,2,6-7H2,1H3. The molecule has 0 radical (unpaired) electrons. The topological polar surface area (TPSA) is 68.9 Å². The maximum atomic E-state index is 9.42. The van der Waals surface area contributed by atoms with Crippen LogP contribution >= 0.6 is 0 Å². The fourth-order valence-corrected chi connectivity index (χ4v) is 1.08. The molecule has 74 valence electrons. The first-order chi connectivity index (χ1) is 6.74. The third-order valence-corrected chi connectivity index (χ3v) is 1.80. The van der Waals surface area contributed by atoms with Gasteiger partial charge in [0.2, 0.25) is 0 Å². The minimum absolute atomic E-state index is 0.194. The summed E-state index contributed by atoms with van der Waals surface area (Å²) >= 11 is 0. The summed E-state index contributed by atoms with van der Waals surface area (Å²) in [6.07, 6.45) is 0.465. The monoisotopic (exact) mass is 191 g/mol. The predicted octanol–water partition coefficient (Wildman–Crippen LogP) is 1.10. The molecule has 0 aromatic carbocycles. The zero-order valence-electron chi connectivity index (χ0n) is 8.12. The minimum Gasteiger partial charge on any atom is -0.506 e. The first-order valence-electron chi connectivity index (χ1n) is 4.47. The lowest BCUT2D eigenvalue weighted by Gasteiger charge is -2.05. The van der Waals surface area contributed by atoms with Gasteiger partial charge in [-0.25, -0.2) is 0 Å². The smallest absolute Gasteiger partial charge is 0.138 e. The Morgan fingerprint density at radius 3 is 3.07 bits per heavy atom. The van der Waals surface area contributed by atoms with Crippen molar-refractivity contribution in [3.63, 3.8) is 0 Å². The number of aromatic hydroxyl groups is 1. The molecule has 0 aliphatic heterocycles. The van der Waals surface area contributed by atoms with Crippen LogP contribution in [0.3, 0.4) is 0 Å². The second kappa shape index (κ2) is 5.20. The molecule has 1 aromatic heterocycles. The molecule has 2 N–H and O–H groups in total. The lowest BCUT2D eigenvalue weighted by molar-refractivity contribution is 0.459. The predicted molar refractivity (Wildman–Crippen MR) is 52.6 cm³/mol. The second-order valence-electron chi connectivity index (χ2n) is 3.00. The third-order valence-electron chi connectivity index (χ3n) is 1.80. The van der Waals surface area contributed by atoms with E-state index in [1.54, 1.807) is 12.1 Å². The van der Waals surface area contributed by atoms with Crippen molar-refractivity contribution in [3.8, 4) is 11.8 Å². The highest BCUT2D eigenvalue weighted by Gasteiger charge is 2.01. The van der Waals surface area contributed by atoms with Crippen LogP contribution < -0.4 is 5.32 Å². The van der Waals surface area contributed by atoms with Gasteiger partial charge < -0.3 is 10.4 Å². The number of nitrogens with zero attached hydrogens (tertiary/aromatic N) is 2. The fraction of sp³-hybridized carbons (Fsp3) is 0.400. The molecule has 0 saturated carbocycles. The normalized spacial score (nSPS) is 9.71. The van der Waals surface area contributed by atoms with E-state index in [0.717, 1.165) is 5.69 Å². The Morgan fingerprint density at radius 2 is 2.36 bits per heavy atom. The van der Waals surface area contributed by atoms with Crippen molar-refractivity contribution >= 4 is 0 Å². The van der Waals surface area contributed by atoms with Gasteiger partial charge >= 0.3 is 0 Å². The molecule has 0 fully saturated rings. The SMILES string of the molecule is Cc1ccc(O)c(CNCCC#N)n1. The van der Waals surface area contributed by atoms with Gasteiger partial charge in [0.15, 0.2) is 0 Å². The summed E-state index contributed by atoms with van der Waals surface area (Å²) in [6.45, 7) is 2.99. The highest BCUT2D eigenvalue weighted by Crippen LogP contribution is 2.13. The number of aromatic nitrogens is 1. The Labute approximate surface area is 83.2 Å². The Balaban J connectivity index is 2.50. The maximum absolute atomic E-state index is 9.42. The summed E-state index contributed by atoms with van der Waals surface area (Å²) in [7, 11) is 0. The number of pyridine rings is 1. The van der Waals surface area contributed by atoms with Crippen molar-refractivity contribution in [3.05, 3.63) is 23.5 Å². The van der Waals surface area contributed by atoms with Crippen LogP contribution in [0.15, 0.2) is 12.1 Å². The lowest BCUT2D eigenvalue weighted by atomic mass is 10.3. The van der Waals surface area contributed by atoms with Crippen molar-refractivity contribution in [1.82, 2.24) is 10.3 Å². The van der Waals surface area contributed by atoms with Crippen molar-refractivity contribution in [1.29, 1.82) is 5.26 Å². The molecule has 0 bridgehead atoms. The van der Waals surface area contributed by atoms with Gasteiger partial charge in [-0.2, -0.15) is 5.26 Å². The van der Waals surface area contributed by atoms with Gasteiger partial charge in [-0.05, 0) is 19.1 Å². The third kappa shape index (κ3) is 3.04. The molecule has 0 atom stereocenters. The van der Waals surface area contributed by atoms with Crippen LogP contribution in [-0.2, 0) is 6.54 Å². The summed E-state index contributed by atoms with van der Waals surface area (Å²) in [5, 5.41) is 20.8. The van der Waals surface area contributed by atoms with Crippen molar-refractivity contribution in [2.45, 2.75) is 19.9 Å². The molecule has 4 heteroatoms. The largest absolute Gasteiger partial charge is 0.506 e. The minimum atomic E-state index is 0.194. The van der Waals surface area contributed by atoms with E-state index in [1.807, 2.05) is 13.0 Å². The van der Waals surface area contributed by atoms with Gasteiger partial charge in [0.25, 0.3) is 0 Å². The summed E-state index contributed by atoms with van der Waals surface area (Å²) in [6, 6.07) is 5.42. The highest BCUT2D eigenvalue weighted by atomic mass is 16.3. The zero-order chi connectivity index (χ0) is 10.4. The van der Waals surface area contributed by atoms with Gasteiger partial charge in [0.1, 0.15) is 5.75 Å². The number of nitriles is 1. The van der Waals surface area contributed by atoms with Crippen LogP contribution in [0.4, 0.5) is 0 Å². The Morgan fingerprint density at radius 1 is 1.57 bits per heavy atom. The van der Waals surface area contributed by atoms with Gasteiger partial charge in [-0.3, -0.25) is 4.98 Å². The molecule has 14 heavy (non-hydrogen) atoms. The average Bonchev–Trinajstić information content (AvgIpc) is 2.18. The molecule has 0 aliphatic carbocycles. The van der Waals surface area contributed by atoms with E-state index < -0.39 is 0 Å². The van der Waals surface area contributed by atoms with Crippen molar-refractivity contribution < 1.29 is 5.11 Å². The number of aryl methyl sites for hydroxylation is 1. The molecule has 1 heterocycles. The fourth-order valence-electron chi connectivity index (χ4n) is 1.08. The van der Waals surface area contributed by atoms with E-state index in [0.29, 0.717) is 25.2 Å². The second-order valence-corrected chi connectivity index (χ2v) is 3.00. The molecule has 1 rings (SSSR count).